The van der Waals surface area contributed by atoms with Gasteiger partial charge in [-0.25, -0.2) is 4.98 Å². The number of rotatable bonds is 6. The van der Waals surface area contributed by atoms with Gasteiger partial charge in [-0.2, -0.15) is 5.10 Å². The molecule has 0 aliphatic heterocycles. The first-order valence-corrected chi connectivity index (χ1v) is 8.57. The molecule has 1 N–H and O–H groups in total. The molecule has 0 saturated carbocycles. The third-order valence-corrected chi connectivity index (χ3v) is 4.44. The highest BCUT2D eigenvalue weighted by Gasteiger charge is 2.09. The highest BCUT2D eigenvalue weighted by Crippen LogP contribution is 2.26. The van der Waals surface area contributed by atoms with Crippen LogP contribution in [0.25, 0.3) is 11.3 Å². The molecular formula is C17H13N5O4S. The first-order chi connectivity index (χ1) is 12.9. The zero-order chi connectivity index (χ0) is 19.4. The molecule has 1 heterocycles. The van der Waals surface area contributed by atoms with Gasteiger partial charge in [-0.05, 0) is 36.8 Å². The van der Waals surface area contributed by atoms with Crippen LogP contribution < -0.4 is 5.43 Å². The van der Waals surface area contributed by atoms with E-state index in [-0.39, 0.29) is 11.4 Å². The zero-order valence-corrected chi connectivity index (χ0v) is 14.8. The van der Waals surface area contributed by atoms with E-state index in [1.165, 1.54) is 35.6 Å². The molecule has 9 nitrogen and oxygen atoms in total. The SMILES string of the molecule is CC(=NNc1nc(-c2ccc([N+](=O)[O-])cc2)cs1)c1ccc([N+](=O)[O-])cc1. The van der Waals surface area contributed by atoms with Crippen LogP contribution in [0.5, 0.6) is 0 Å². The second kappa shape index (κ2) is 7.70. The van der Waals surface area contributed by atoms with E-state index < -0.39 is 9.85 Å². The molecule has 10 heteroatoms. The van der Waals surface area contributed by atoms with Crippen molar-refractivity contribution in [3.63, 3.8) is 0 Å². The van der Waals surface area contributed by atoms with Gasteiger partial charge in [0.25, 0.3) is 11.4 Å². The molecule has 3 aromatic rings. The molecule has 1 aromatic heterocycles. The Morgan fingerprint density at radius 2 is 1.56 bits per heavy atom. The van der Waals surface area contributed by atoms with Gasteiger partial charge in [0.15, 0.2) is 0 Å². The summed E-state index contributed by atoms with van der Waals surface area (Å²) in [6, 6.07) is 12.2. The number of nitro groups is 2. The van der Waals surface area contributed by atoms with Crippen LogP contribution in [0.1, 0.15) is 12.5 Å². The van der Waals surface area contributed by atoms with E-state index in [1.807, 2.05) is 5.38 Å². The Balaban J connectivity index is 1.70. The fraction of sp³-hybridized carbons (Fsp3) is 0.0588. The number of anilines is 1. The average Bonchev–Trinajstić information content (AvgIpc) is 3.15. The van der Waals surface area contributed by atoms with Crippen LogP contribution in [0.3, 0.4) is 0 Å². The molecule has 0 aliphatic carbocycles. The van der Waals surface area contributed by atoms with Crippen molar-refractivity contribution < 1.29 is 9.85 Å². The number of non-ortho nitro benzene ring substituents is 2. The molecule has 3 rings (SSSR count). The third-order valence-electron chi connectivity index (χ3n) is 3.69. The number of nitrogens with zero attached hydrogens (tertiary/aromatic N) is 4. The normalized spacial score (nSPS) is 11.2. The summed E-state index contributed by atoms with van der Waals surface area (Å²) in [5, 5.41) is 28.0. The summed E-state index contributed by atoms with van der Waals surface area (Å²) >= 11 is 1.35. The van der Waals surface area contributed by atoms with Crippen molar-refractivity contribution >= 4 is 33.6 Å². The monoisotopic (exact) mass is 383 g/mol. The quantitative estimate of drug-likeness (QED) is 0.381. The van der Waals surface area contributed by atoms with E-state index in [4.69, 9.17) is 0 Å². The zero-order valence-electron chi connectivity index (χ0n) is 14.0. The minimum absolute atomic E-state index is 0.0205. The average molecular weight is 383 g/mol. The molecule has 27 heavy (non-hydrogen) atoms. The minimum atomic E-state index is -0.455. The van der Waals surface area contributed by atoms with Gasteiger partial charge >= 0.3 is 0 Å². The van der Waals surface area contributed by atoms with Gasteiger partial charge in [0.1, 0.15) is 0 Å². The molecular weight excluding hydrogens is 370 g/mol. The number of benzene rings is 2. The molecule has 0 unspecified atom stereocenters. The van der Waals surface area contributed by atoms with Crippen LogP contribution in [0.2, 0.25) is 0 Å². The van der Waals surface area contributed by atoms with Crippen LogP contribution in [0, 0.1) is 20.2 Å². The molecule has 2 aromatic carbocycles. The lowest BCUT2D eigenvalue weighted by Crippen LogP contribution is -2.00. The molecule has 0 atom stereocenters. The fourth-order valence-corrected chi connectivity index (χ4v) is 2.89. The van der Waals surface area contributed by atoms with E-state index in [9.17, 15) is 20.2 Å². The maximum atomic E-state index is 10.7. The summed E-state index contributed by atoms with van der Waals surface area (Å²) in [7, 11) is 0. The van der Waals surface area contributed by atoms with Crippen LogP contribution in [-0.4, -0.2) is 20.5 Å². The first kappa shape index (κ1) is 18.1. The van der Waals surface area contributed by atoms with Crippen LogP contribution in [0.4, 0.5) is 16.5 Å². The van der Waals surface area contributed by atoms with Crippen molar-refractivity contribution in [1.82, 2.24) is 4.98 Å². The highest BCUT2D eigenvalue weighted by atomic mass is 32.1. The van der Waals surface area contributed by atoms with E-state index in [0.29, 0.717) is 16.5 Å². The summed E-state index contributed by atoms with van der Waals surface area (Å²) in [6.45, 7) is 1.78. The maximum absolute atomic E-state index is 10.7. The third kappa shape index (κ3) is 4.30. The Morgan fingerprint density at radius 1 is 1.00 bits per heavy atom. The molecule has 0 radical (unpaired) electrons. The van der Waals surface area contributed by atoms with Gasteiger partial charge in [-0.15, -0.1) is 11.3 Å². The molecule has 0 fully saturated rings. The Kier molecular flexibility index (Phi) is 5.18. The number of hydrogen-bond acceptors (Lipinski definition) is 8. The van der Waals surface area contributed by atoms with Crippen molar-refractivity contribution in [2.75, 3.05) is 5.43 Å². The smallest absolute Gasteiger partial charge is 0.258 e. The van der Waals surface area contributed by atoms with E-state index >= 15 is 0 Å². The molecule has 0 bridgehead atoms. The lowest BCUT2D eigenvalue weighted by atomic mass is 10.1. The van der Waals surface area contributed by atoms with Crippen molar-refractivity contribution in [3.05, 3.63) is 79.7 Å². The van der Waals surface area contributed by atoms with Crippen molar-refractivity contribution in [1.29, 1.82) is 0 Å². The number of hydrazone groups is 1. The Bertz CT molecular complexity index is 1010. The summed E-state index contributed by atoms with van der Waals surface area (Å²) in [4.78, 5) is 24.9. The number of thiazole rings is 1. The van der Waals surface area contributed by atoms with Crippen LogP contribution in [0.15, 0.2) is 59.0 Å². The standard InChI is InChI=1S/C17H13N5O4S/c1-11(12-2-6-14(7-3-12)21(23)24)19-20-17-18-16(10-27-17)13-4-8-15(9-5-13)22(25)26/h2-10H,1H3,(H,18,20). The number of nitro benzene ring substituents is 2. The van der Waals surface area contributed by atoms with Gasteiger partial charge in [0.2, 0.25) is 5.13 Å². The largest absolute Gasteiger partial charge is 0.269 e. The first-order valence-electron chi connectivity index (χ1n) is 7.69. The summed E-state index contributed by atoms with van der Waals surface area (Å²) in [5.74, 6) is 0. The second-order valence-electron chi connectivity index (χ2n) is 5.45. The topological polar surface area (TPSA) is 124 Å². The summed E-state index contributed by atoms with van der Waals surface area (Å²) < 4.78 is 0. The van der Waals surface area contributed by atoms with Gasteiger partial charge in [-0.3, -0.25) is 25.7 Å². The number of hydrogen-bond donors (Lipinski definition) is 1. The van der Waals surface area contributed by atoms with Gasteiger partial charge in [0.05, 0.1) is 21.3 Å². The van der Waals surface area contributed by atoms with Crippen LogP contribution in [-0.2, 0) is 0 Å². The molecule has 0 saturated heterocycles. The Morgan fingerprint density at radius 3 is 2.11 bits per heavy atom. The van der Waals surface area contributed by atoms with E-state index in [1.54, 1.807) is 31.2 Å². The molecule has 0 spiro atoms. The van der Waals surface area contributed by atoms with Crippen LogP contribution >= 0.6 is 11.3 Å². The Labute approximate surface area is 157 Å². The lowest BCUT2D eigenvalue weighted by Gasteiger charge is -2.01. The molecule has 0 aliphatic rings. The number of nitrogens with one attached hydrogen (secondary N) is 1. The van der Waals surface area contributed by atoms with Gasteiger partial charge < -0.3 is 0 Å². The predicted octanol–water partition coefficient (Wildman–Crippen LogP) is 4.46. The molecule has 136 valence electrons. The Hall–Kier alpha value is -3.66. The second-order valence-corrected chi connectivity index (χ2v) is 6.31. The summed E-state index contributed by atoms with van der Waals surface area (Å²) in [6.07, 6.45) is 0. The fourth-order valence-electron chi connectivity index (χ4n) is 2.23. The van der Waals surface area contributed by atoms with E-state index in [0.717, 1.165) is 11.1 Å². The van der Waals surface area contributed by atoms with Crippen molar-refractivity contribution in [3.8, 4) is 11.3 Å². The van der Waals surface area contributed by atoms with Gasteiger partial charge in [-0.1, -0.05) is 0 Å². The minimum Gasteiger partial charge on any atom is -0.258 e. The van der Waals surface area contributed by atoms with Crippen molar-refractivity contribution in [2.24, 2.45) is 5.10 Å². The van der Waals surface area contributed by atoms with Crippen molar-refractivity contribution in [2.45, 2.75) is 6.92 Å². The van der Waals surface area contributed by atoms with Gasteiger partial charge in [0, 0.05) is 35.2 Å². The lowest BCUT2D eigenvalue weighted by molar-refractivity contribution is -0.385. The number of aromatic nitrogens is 1. The molecule has 0 amide bonds. The summed E-state index contributed by atoms with van der Waals surface area (Å²) in [5.41, 5.74) is 5.74. The predicted molar refractivity (Wildman–Crippen MR) is 103 cm³/mol. The maximum Gasteiger partial charge on any atom is 0.269 e. The van der Waals surface area contributed by atoms with E-state index in [2.05, 4.69) is 15.5 Å². The highest BCUT2D eigenvalue weighted by molar-refractivity contribution is 7.14.